The third kappa shape index (κ3) is 5.88. The van der Waals surface area contributed by atoms with Gasteiger partial charge in [-0.2, -0.15) is 0 Å². The molecular formula is C29H35N5O6. The molecule has 0 radical (unpaired) electrons. The summed E-state index contributed by atoms with van der Waals surface area (Å²) in [6.07, 6.45) is 2.70. The summed E-state index contributed by atoms with van der Waals surface area (Å²) in [5, 5.41) is 7.03. The van der Waals surface area contributed by atoms with Crippen molar-refractivity contribution in [1.29, 1.82) is 0 Å². The second kappa shape index (κ2) is 11.9. The standard InChI is InChI=1S/C29H35N5O6/c1-18-23(19(2)40-32-18)8-9-26(35)34-15-24-21-6-4-7-22(14-21)38-13-12-33(29(37)27-20(3)39-17-31-27)11-5-10-30-28(36)25(24)16-34/h4,6-7,14,17,24-25H,5,8-13,15-16H2,1-3H3,(H,30,36)/t24-,25+/m1/s1. The Labute approximate surface area is 232 Å². The maximum atomic E-state index is 13.4. The van der Waals surface area contributed by atoms with E-state index in [1.165, 1.54) is 6.39 Å². The molecule has 1 fully saturated rings. The molecule has 212 valence electrons. The first kappa shape index (κ1) is 27.4. The quantitative estimate of drug-likeness (QED) is 0.526. The molecule has 2 aliphatic heterocycles. The van der Waals surface area contributed by atoms with Gasteiger partial charge in [-0.25, -0.2) is 4.98 Å². The van der Waals surface area contributed by atoms with Crippen molar-refractivity contribution in [2.24, 2.45) is 5.92 Å². The van der Waals surface area contributed by atoms with Crippen molar-refractivity contribution >= 4 is 17.7 Å². The molecule has 1 N–H and O–H groups in total. The molecule has 0 saturated carbocycles. The Balaban J connectivity index is 1.30. The summed E-state index contributed by atoms with van der Waals surface area (Å²) in [5.74, 6) is 0.976. The number of likely N-dealkylation sites (tertiary alicyclic amines) is 1. The maximum absolute atomic E-state index is 13.4. The average Bonchev–Trinajstić information content (AvgIpc) is 3.67. The molecule has 2 atom stereocenters. The molecule has 3 aromatic rings. The van der Waals surface area contributed by atoms with Crippen molar-refractivity contribution in [3.8, 4) is 5.75 Å². The Hall–Kier alpha value is -4.15. The van der Waals surface area contributed by atoms with Crippen LogP contribution in [-0.4, -0.2) is 77.0 Å². The second-order valence-electron chi connectivity index (χ2n) is 10.4. The summed E-state index contributed by atoms with van der Waals surface area (Å²) in [7, 11) is 0. The van der Waals surface area contributed by atoms with Gasteiger partial charge in [0.2, 0.25) is 11.8 Å². The minimum absolute atomic E-state index is 0.00271. The summed E-state index contributed by atoms with van der Waals surface area (Å²) < 4.78 is 16.5. The van der Waals surface area contributed by atoms with Gasteiger partial charge < -0.3 is 28.8 Å². The number of rotatable bonds is 4. The summed E-state index contributed by atoms with van der Waals surface area (Å²) in [5.41, 5.74) is 2.98. The third-order valence-electron chi connectivity index (χ3n) is 7.83. The number of amides is 3. The lowest BCUT2D eigenvalue weighted by molar-refractivity contribution is -0.130. The van der Waals surface area contributed by atoms with E-state index in [9.17, 15) is 14.4 Å². The lowest BCUT2D eigenvalue weighted by atomic mass is 9.88. The average molecular weight is 550 g/mol. The van der Waals surface area contributed by atoms with Gasteiger partial charge in [-0.15, -0.1) is 0 Å². The Kier molecular flexibility index (Phi) is 8.18. The van der Waals surface area contributed by atoms with E-state index in [1.54, 1.807) is 16.7 Å². The van der Waals surface area contributed by atoms with Crippen molar-refractivity contribution in [1.82, 2.24) is 25.3 Å². The number of aryl methyl sites for hydroxylation is 3. The molecule has 3 amide bonds. The highest BCUT2D eigenvalue weighted by Gasteiger charge is 2.40. The summed E-state index contributed by atoms with van der Waals surface area (Å²) in [6, 6.07) is 7.67. The number of nitrogens with one attached hydrogen (secondary N) is 1. The second-order valence-corrected chi connectivity index (χ2v) is 10.4. The molecule has 2 bridgehead atoms. The predicted molar refractivity (Wildman–Crippen MR) is 144 cm³/mol. The van der Waals surface area contributed by atoms with Crippen LogP contribution in [0.4, 0.5) is 0 Å². The number of fused-ring (bicyclic) bond motifs is 4. The highest BCUT2D eigenvalue weighted by Crippen LogP contribution is 2.35. The van der Waals surface area contributed by atoms with Crippen LogP contribution in [0.15, 0.2) is 39.6 Å². The van der Waals surface area contributed by atoms with Gasteiger partial charge >= 0.3 is 0 Å². The van der Waals surface area contributed by atoms with E-state index < -0.39 is 5.92 Å². The van der Waals surface area contributed by atoms with Crippen LogP contribution in [0.3, 0.4) is 0 Å². The molecule has 5 rings (SSSR count). The van der Waals surface area contributed by atoms with E-state index in [-0.39, 0.29) is 29.3 Å². The van der Waals surface area contributed by atoms with Crippen LogP contribution in [0.1, 0.15) is 57.6 Å². The Morgan fingerprint density at radius 3 is 2.65 bits per heavy atom. The molecule has 4 heterocycles. The number of carbonyl (C=O) groups excluding carboxylic acids is 3. The number of oxazole rings is 1. The lowest BCUT2D eigenvalue weighted by Gasteiger charge is -2.24. The van der Waals surface area contributed by atoms with E-state index in [0.717, 1.165) is 22.6 Å². The van der Waals surface area contributed by atoms with E-state index in [1.807, 2.05) is 38.1 Å². The predicted octanol–water partition coefficient (Wildman–Crippen LogP) is 2.80. The van der Waals surface area contributed by atoms with Crippen LogP contribution in [-0.2, 0) is 16.0 Å². The topological polar surface area (TPSA) is 131 Å². The molecule has 11 nitrogen and oxygen atoms in total. The molecule has 40 heavy (non-hydrogen) atoms. The van der Waals surface area contributed by atoms with Crippen LogP contribution >= 0.6 is 0 Å². The first-order chi connectivity index (χ1) is 19.3. The number of benzene rings is 1. The normalized spacial score (nSPS) is 19.9. The van der Waals surface area contributed by atoms with E-state index in [2.05, 4.69) is 15.5 Å². The first-order valence-corrected chi connectivity index (χ1v) is 13.7. The lowest BCUT2D eigenvalue weighted by Crippen LogP contribution is -2.39. The van der Waals surface area contributed by atoms with Gasteiger partial charge in [0.15, 0.2) is 12.1 Å². The summed E-state index contributed by atoms with van der Waals surface area (Å²) in [4.78, 5) is 47.3. The maximum Gasteiger partial charge on any atom is 0.276 e. The van der Waals surface area contributed by atoms with Crippen LogP contribution < -0.4 is 10.1 Å². The van der Waals surface area contributed by atoms with Crippen LogP contribution in [0.2, 0.25) is 0 Å². The third-order valence-corrected chi connectivity index (χ3v) is 7.83. The van der Waals surface area contributed by atoms with Gasteiger partial charge in [-0.05, 0) is 51.3 Å². The van der Waals surface area contributed by atoms with E-state index in [0.29, 0.717) is 70.1 Å². The minimum atomic E-state index is -0.392. The number of hydrogen-bond acceptors (Lipinski definition) is 8. The van der Waals surface area contributed by atoms with E-state index >= 15 is 0 Å². The van der Waals surface area contributed by atoms with Crippen LogP contribution in [0.25, 0.3) is 0 Å². The monoisotopic (exact) mass is 549 g/mol. The molecule has 0 unspecified atom stereocenters. The molecule has 11 heteroatoms. The number of ether oxygens (including phenoxy) is 1. The molecule has 2 aliphatic rings. The van der Waals surface area contributed by atoms with Gasteiger partial charge in [0, 0.05) is 44.1 Å². The van der Waals surface area contributed by atoms with Crippen molar-refractivity contribution in [3.05, 3.63) is 64.7 Å². The van der Waals surface area contributed by atoms with Gasteiger partial charge in [0.1, 0.15) is 23.9 Å². The summed E-state index contributed by atoms with van der Waals surface area (Å²) in [6.45, 7) is 7.73. The highest BCUT2D eigenvalue weighted by atomic mass is 16.5. The largest absolute Gasteiger partial charge is 0.492 e. The fourth-order valence-corrected chi connectivity index (χ4v) is 5.56. The van der Waals surface area contributed by atoms with Crippen LogP contribution in [0, 0.1) is 26.7 Å². The summed E-state index contributed by atoms with van der Waals surface area (Å²) >= 11 is 0. The molecule has 2 aromatic heterocycles. The van der Waals surface area contributed by atoms with Gasteiger partial charge in [0.25, 0.3) is 5.91 Å². The number of nitrogens with zero attached hydrogens (tertiary/aromatic N) is 4. The Bertz CT molecular complexity index is 1360. The number of hydrogen-bond donors (Lipinski definition) is 1. The number of aromatic nitrogens is 2. The fraction of sp³-hybridized carbons (Fsp3) is 0.483. The number of carbonyl (C=O) groups is 3. The molecular weight excluding hydrogens is 514 g/mol. The Morgan fingerprint density at radius 2 is 1.90 bits per heavy atom. The van der Waals surface area contributed by atoms with Crippen molar-refractivity contribution in [3.63, 3.8) is 0 Å². The smallest absolute Gasteiger partial charge is 0.276 e. The zero-order valence-corrected chi connectivity index (χ0v) is 23.1. The Morgan fingerprint density at radius 1 is 1.07 bits per heavy atom. The molecule has 0 spiro atoms. The van der Waals surface area contributed by atoms with Crippen molar-refractivity contribution < 1.29 is 28.1 Å². The molecule has 1 aromatic carbocycles. The molecule has 1 saturated heterocycles. The first-order valence-electron chi connectivity index (χ1n) is 13.7. The fourth-order valence-electron chi connectivity index (χ4n) is 5.56. The van der Waals surface area contributed by atoms with Gasteiger partial charge in [0.05, 0.1) is 18.2 Å². The molecule has 0 aliphatic carbocycles. The van der Waals surface area contributed by atoms with E-state index in [4.69, 9.17) is 13.7 Å². The highest BCUT2D eigenvalue weighted by molar-refractivity contribution is 5.93. The van der Waals surface area contributed by atoms with Crippen molar-refractivity contribution in [2.45, 2.75) is 46.0 Å². The minimum Gasteiger partial charge on any atom is -0.492 e. The van der Waals surface area contributed by atoms with Gasteiger partial charge in [-0.1, -0.05) is 17.3 Å². The van der Waals surface area contributed by atoms with Crippen molar-refractivity contribution in [2.75, 3.05) is 39.3 Å². The van der Waals surface area contributed by atoms with Gasteiger partial charge in [-0.3, -0.25) is 14.4 Å². The zero-order valence-electron chi connectivity index (χ0n) is 23.1. The SMILES string of the molecule is Cc1noc(C)c1CCC(=O)N1C[C@@H]2C(=O)NCCCN(C(=O)c3ncoc3C)CCOc3cccc(c3)[C@H]2C1. The zero-order chi connectivity index (χ0) is 28.2. The van der Waals surface area contributed by atoms with Crippen LogP contribution in [0.5, 0.6) is 5.75 Å².